The summed E-state index contributed by atoms with van der Waals surface area (Å²) in [5, 5.41) is 0. The predicted octanol–water partition coefficient (Wildman–Crippen LogP) is 6.13. The fourth-order valence-electron chi connectivity index (χ4n) is 8.21. The average Bonchev–Trinajstić information content (AvgIpc) is 2.95. The summed E-state index contributed by atoms with van der Waals surface area (Å²) in [6.07, 6.45) is 12.4. The van der Waals surface area contributed by atoms with Crippen molar-refractivity contribution in [3.8, 4) is 0 Å². The third-order valence-corrected chi connectivity index (χ3v) is 9.79. The zero-order chi connectivity index (χ0) is 23.5. The van der Waals surface area contributed by atoms with Gasteiger partial charge in [0.15, 0.2) is 0 Å². The summed E-state index contributed by atoms with van der Waals surface area (Å²) in [4.78, 5) is 8.66. The highest BCUT2D eigenvalue weighted by atomic mass is 15.3. The molecule has 2 bridgehead atoms. The quantitative estimate of drug-likeness (QED) is 0.481. The van der Waals surface area contributed by atoms with Gasteiger partial charge in [-0.05, 0) is 95.3 Å². The molecule has 5 aliphatic rings. The van der Waals surface area contributed by atoms with E-state index in [0.717, 1.165) is 0 Å². The first kappa shape index (κ1) is 23.7. The number of benzene rings is 2. The molecule has 2 aromatic rings. The smallest absolute Gasteiger partial charge is 0.0349 e. The second-order valence-electron chi connectivity index (χ2n) is 11.9. The number of hydrogen-bond acceptors (Lipinski definition) is 3. The van der Waals surface area contributed by atoms with Crippen LogP contribution in [0, 0.1) is 0 Å². The highest BCUT2D eigenvalue weighted by Crippen LogP contribution is 2.55. The highest BCUT2D eigenvalue weighted by Gasteiger charge is 2.56. The van der Waals surface area contributed by atoms with Crippen LogP contribution in [0.1, 0.15) is 80.8 Å². The summed E-state index contributed by atoms with van der Waals surface area (Å²) in [6.45, 7) is 9.06. The van der Waals surface area contributed by atoms with Crippen LogP contribution in [0.3, 0.4) is 0 Å². The summed E-state index contributed by atoms with van der Waals surface area (Å²) in [5.41, 5.74) is 3.46. The van der Waals surface area contributed by atoms with Gasteiger partial charge in [-0.15, -0.1) is 0 Å². The highest BCUT2D eigenvalue weighted by molar-refractivity contribution is 5.34. The third kappa shape index (κ3) is 4.97. The number of rotatable bonds is 7. The second kappa shape index (κ2) is 10.7. The number of fused-ring (bicyclic) bond motifs is 3. The van der Waals surface area contributed by atoms with Gasteiger partial charge in [-0.2, -0.15) is 0 Å². The number of piperidine rings is 4. The Morgan fingerprint density at radius 3 is 1.74 bits per heavy atom. The summed E-state index contributed by atoms with van der Waals surface area (Å²) in [7, 11) is 0. The molecular weight excluding hydrogens is 426 g/mol. The van der Waals surface area contributed by atoms with Crippen LogP contribution in [0.4, 0.5) is 0 Å². The first-order valence-electron chi connectivity index (χ1n) is 14.6. The van der Waals surface area contributed by atoms with Crippen molar-refractivity contribution in [3.63, 3.8) is 0 Å². The molecule has 2 unspecified atom stereocenters. The van der Waals surface area contributed by atoms with Crippen molar-refractivity contribution in [2.24, 2.45) is 0 Å². The Hall–Kier alpha value is -1.68. The minimum absolute atomic E-state index is 0.321. The molecule has 1 saturated carbocycles. The Morgan fingerprint density at radius 1 is 0.629 bits per heavy atom. The molecule has 0 spiro atoms. The number of nitrogens with zero attached hydrogens (tertiary/aromatic N) is 3. The van der Waals surface area contributed by atoms with Crippen molar-refractivity contribution >= 4 is 0 Å². The molecule has 0 N–H and O–H groups in total. The summed E-state index contributed by atoms with van der Waals surface area (Å²) in [6, 6.07) is 23.7. The van der Waals surface area contributed by atoms with Crippen molar-refractivity contribution in [2.45, 2.75) is 81.2 Å². The van der Waals surface area contributed by atoms with Crippen LogP contribution >= 0.6 is 0 Å². The molecule has 3 nitrogen and oxygen atoms in total. The van der Waals surface area contributed by atoms with Gasteiger partial charge in [0.05, 0.1) is 0 Å². The van der Waals surface area contributed by atoms with Crippen LogP contribution in [0.2, 0.25) is 0 Å². The van der Waals surface area contributed by atoms with Crippen molar-refractivity contribution in [3.05, 3.63) is 71.8 Å². The maximum Gasteiger partial charge on any atom is 0.0349 e. The Morgan fingerprint density at radius 2 is 1.17 bits per heavy atom. The molecule has 4 heterocycles. The van der Waals surface area contributed by atoms with Crippen LogP contribution in [-0.4, -0.2) is 72.1 Å². The molecule has 0 amide bonds. The molecule has 35 heavy (non-hydrogen) atoms. The molecule has 4 aliphatic heterocycles. The van der Waals surface area contributed by atoms with E-state index in [4.69, 9.17) is 0 Å². The minimum Gasteiger partial charge on any atom is -0.303 e. The number of likely N-dealkylation sites (tertiary alicyclic amines) is 2. The minimum atomic E-state index is 0.321. The maximum absolute atomic E-state index is 2.97. The van der Waals surface area contributed by atoms with Gasteiger partial charge in [0.25, 0.3) is 0 Å². The van der Waals surface area contributed by atoms with Crippen molar-refractivity contribution in [2.75, 3.05) is 45.8 Å². The first-order valence-corrected chi connectivity index (χ1v) is 14.6. The predicted molar refractivity (Wildman–Crippen MR) is 146 cm³/mol. The zero-order valence-electron chi connectivity index (χ0n) is 21.7. The average molecular weight is 472 g/mol. The molecule has 2 atom stereocenters. The molecule has 2 aromatic carbocycles. The fourth-order valence-corrected chi connectivity index (χ4v) is 8.21. The molecule has 5 fully saturated rings. The van der Waals surface area contributed by atoms with Crippen molar-refractivity contribution in [1.29, 1.82) is 0 Å². The van der Waals surface area contributed by atoms with Crippen LogP contribution in [0.5, 0.6) is 0 Å². The second-order valence-corrected chi connectivity index (χ2v) is 11.9. The lowest BCUT2D eigenvalue weighted by Gasteiger charge is -2.64. The lowest BCUT2D eigenvalue weighted by molar-refractivity contribution is -0.0921. The lowest BCUT2D eigenvalue weighted by Crippen LogP contribution is -2.70. The third-order valence-electron chi connectivity index (χ3n) is 9.79. The van der Waals surface area contributed by atoms with Crippen LogP contribution in [0.15, 0.2) is 60.7 Å². The van der Waals surface area contributed by atoms with E-state index < -0.39 is 0 Å². The van der Waals surface area contributed by atoms with Crippen LogP contribution in [-0.2, 0) is 0 Å². The molecule has 188 valence electrons. The van der Waals surface area contributed by atoms with E-state index in [0.29, 0.717) is 23.4 Å². The van der Waals surface area contributed by atoms with E-state index in [1.165, 1.54) is 104 Å². The molecule has 7 rings (SSSR count). The van der Waals surface area contributed by atoms with Gasteiger partial charge in [0.2, 0.25) is 0 Å². The summed E-state index contributed by atoms with van der Waals surface area (Å²) >= 11 is 0. The Bertz CT molecular complexity index is 867. The van der Waals surface area contributed by atoms with Gasteiger partial charge in [0, 0.05) is 30.0 Å². The molecule has 3 heteroatoms. The van der Waals surface area contributed by atoms with E-state index in [1.54, 1.807) is 11.1 Å². The van der Waals surface area contributed by atoms with E-state index in [1.807, 2.05) is 0 Å². The lowest BCUT2D eigenvalue weighted by atomic mass is 9.58. The summed E-state index contributed by atoms with van der Waals surface area (Å²) < 4.78 is 0. The van der Waals surface area contributed by atoms with E-state index >= 15 is 0 Å². The van der Waals surface area contributed by atoms with Gasteiger partial charge >= 0.3 is 0 Å². The van der Waals surface area contributed by atoms with Crippen molar-refractivity contribution < 1.29 is 0 Å². The van der Waals surface area contributed by atoms with E-state index in [-0.39, 0.29) is 0 Å². The molecule has 4 saturated heterocycles. The van der Waals surface area contributed by atoms with Gasteiger partial charge in [-0.25, -0.2) is 0 Å². The molecule has 0 aromatic heterocycles. The van der Waals surface area contributed by atoms with E-state index in [2.05, 4.69) is 75.4 Å². The largest absolute Gasteiger partial charge is 0.303 e. The molecular formula is C32H45N3. The maximum atomic E-state index is 2.97. The Labute approximate surface area is 213 Å². The van der Waals surface area contributed by atoms with Crippen LogP contribution < -0.4 is 0 Å². The fraction of sp³-hybridized carbons (Fsp3) is 0.625. The van der Waals surface area contributed by atoms with Gasteiger partial charge in [0.1, 0.15) is 0 Å². The molecule has 0 radical (unpaired) electrons. The van der Waals surface area contributed by atoms with Crippen LogP contribution in [0.25, 0.3) is 0 Å². The normalized spacial score (nSPS) is 32.6. The molecule has 1 aliphatic carbocycles. The standard InChI is InChI=1S/C32H45N3/c1-5-14-27(15-6-1)29-24-32(35-22-11-4-12-23-35)25-30(28-16-7-2-8-17-28)31(29)34(26-32)21-13-20-33-18-9-3-10-19-33/h1-2,5-8,14-17,29-31H,3-4,9-13,18-26H2. The SMILES string of the molecule is c1ccc(C2CC3(N4CCCCC4)CC(c4ccccc4)C2N(CCCN2CCCCC2)C3)cc1. The van der Waals surface area contributed by atoms with Crippen molar-refractivity contribution in [1.82, 2.24) is 14.7 Å². The summed E-state index contributed by atoms with van der Waals surface area (Å²) in [5.74, 6) is 1.25. The Balaban J connectivity index is 1.32. The van der Waals surface area contributed by atoms with Gasteiger partial charge in [-0.1, -0.05) is 73.5 Å². The zero-order valence-corrected chi connectivity index (χ0v) is 21.7. The van der Waals surface area contributed by atoms with Gasteiger partial charge in [-0.3, -0.25) is 9.80 Å². The van der Waals surface area contributed by atoms with E-state index in [9.17, 15) is 0 Å². The van der Waals surface area contributed by atoms with Gasteiger partial charge < -0.3 is 4.90 Å². The Kier molecular flexibility index (Phi) is 7.28. The monoisotopic (exact) mass is 471 g/mol. The first-order chi connectivity index (χ1) is 17.3. The topological polar surface area (TPSA) is 9.72 Å². The number of hydrogen-bond donors (Lipinski definition) is 0.